The first kappa shape index (κ1) is 11.4. The Morgan fingerprint density at radius 3 is 2.17 bits per heavy atom. The van der Waals surface area contributed by atoms with Crippen molar-refractivity contribution >= 4 is 5.97 Å². The normalized spacial score (nSPS) is 13.6. The molecule has 0 aromatic carbocycles. The topological polar surface area (TPSA) is 29.5 Å². The number of hydrogen-bond donors (Lipinski definition) is 0. The average Bonchev–Trinajstić information content (AvgIpc) is 1.85. The molecular formula is C9H19NO2. The van der Waals surface area contributed by atoms with Gasteiger partial charge in [-0.25, -0.2) is 0 Å². The van der Waals surface area contributed by atoms with Crippen LogP contribution in [0.2, 0.25) is 0 Å². The van der Waals surface area contributed by atoms with E-state index < -0.39 is 0 Å². The highest BCUT2D eigenvalue weighted by atomic mass is 16.5. The van der Waals surface area contributed by atoms with Gasteiger partial charge in [0, 0.05) is 0 Å². The van der Waals surface area contributed by atoms with Crippen molar-refractivity contribution in [1.29, 1.82) is 0 Å². The van der Waals surface area contributed by atoms with Crippen LogP contribution in [0, 0.1) is 5.92 Å². The first-order chi connectivity index (χ1) is 5.50. The third-order valence-electron chi connectivity index (χ3n) is 1.72. The fourth-order valence-corrected chi connectivity index (χ4v) is 1.31. The zero-order valence-corrected chi connectivity index (χ0v) is 8.63. The van der Waals surface area contributed by atoms with Gasteiger partial charge in [-0.3, -0.25) is 9.69 Å². The standard InChI is InChI=1S/C9H19NO2/c1-6-12-9(11)8(7(2)3)10(4)5/h7-8H,6H2,1-5H3/t8-/m0/s1. The lowest BCUT2D eigenvalue weighted by molar-refractivity contribution is -0.150. The molecule has 3 heteroatoms. The molecule has 0 heterocycles. The van der Waals surface area contributed by atoms with Gasteiger partial charge >= 0.3 is 5.97 Å². The summed E-state index contributed by atoms with van der Waals surface area (Å²) in [5.41, 5.74) is 0. The van der Waals surface area contributed by atoms with Gasteiger partial charge in [0.15, 0.2) is 0 Å². The lowest BCUT2D eigenvalue weighted by Crippen LogP contribution is -2.41. The van der Waals surface area contributed by atoms with Gasteiger partial charge in [-0.1, -0.05) is 13.8 Å². The van der Waals surface area contributed by atoms with Gasteiger partial charge in [-0.2, -0.15) is 0 Å². The Labute approximate surface area is 74.7 Å². The Balaban J connectivity index is 4.20. The summed E-state index contributed by atoms with van der Waals surface area (Å²) in [4.78, 5) is 13.3. The Hall–Kier alpha value is -0.570. The maximum absolute atomic E-state index is 11.4. The number of ether oxygens (including phenoxy) is 1. The molecule has 72 valence electrons. The van der Waals surface area contributed by atoms with Crippen molar-refractivity contribution < 1.29 is 9.53 Å². The van der Waals surface area contributed by atoms with Gasteiger partial charge in [0.25, 0.3) is 0 Å². The van der Waals surface area contributed by atoms with Crippen LogP contribution in [0.25, 0.3) is 0 Å². The predicted octanol–water partition coefficient (Wildman–Crippen LogP) is 1.14. The average molecular weight is 173 g/mol. The Morgan fingerprint density at radius 1 is 1.42 bits per heavy atom. The van der Waals surface area contributed by atoms with E-state index in [9.17, 15) is 4.79 Å². The van der Waals surface area contributed by atoms with Crippen LogP contribution in [0.15, 0.2) is 0 Å². The first-order valence-corrected chi connectivity index (χ1v) is 4.33. The van der Waals surface area contributed by atoms with Crippen LogP contribution in [-0.4, -0.2) is 37.6 Å². The molecule has 0 fully saturated rings. The van der Waals surface area contributed by atoms with Crippen LogP contribution in [0.4, 0.5) is 0 Å². The summed E-state index contributed by atoms with van der Waals surface area (Å²) >= 11 is 0. The van der Waals surface area contributed by atoms with Gasteiger partial charge in [0.1, 0.15) is 6.04 Å². The second-order valence-electron chi connectivity index (χ2n) is 3.40. The summed E-state index contributed by atoms with van der Waals surface area (Å²) in [5.74, 6) is 0.163. The second-order valence-corrected chi connectivity index (χ2v) is 3.40. The number of likely N-dealkylation sites (N-methyl/N-ethyl adjacent to an activating group) is 1. The molecule has 0 aliphatic carbocycles. The molecule has 0 unspecified atom stereocenters. The van der Waals surface area contributed by atoms with Crippen LogP contribution >= 0.6 is 0 Å². The van der Waals surface area contributed by atoms with Crippen LogP contribution in [0.3, 0.4) is 0 Å². The molecule has 0 aliphatic heterocycles. The van der Waals surface area contributed by atoms with Gasteiger partial charge in [-0.15, -0.1) is 0 Å². The molecular weight excluding hydrogens is 154 g/mol. The van der Waals surface area contributed by atoms with Crippen molar-refractivity contribution in [2.45, 2.75) is 26.8 Å². The molecule has 0 saturated heterocycles. The summed E-state index contributed by atoms with van der Waals surface area (Å²) in [6, 6.07) is -0.120. The van der Waals surface area contributed by atoms with Crippen LogP contribution < -0.4 is 0 Å². The van der Waals surface area contributed by atoms with Crippen LogP contribution in [0.5, 0.6) is 0 Å². The Kier molecular flexibility index (Phi) is 4.90. The lowest BCUT2D eigenvalue weighted by atomic mass is 10.0. The van der Waals surface area contributed by atoms with Crippen molar-refractivity contribution in [3.8, 4) is 0 Å². The summed E-state index contributed by atoms with van der Waals surface area (Å²) in [7, 11) is 3.78. The summed E-state index contributed by atoms with van der Waals surface area (Å²) in [6.45, 7) is 6.31. The van der Waals surface area contributed by atoms with Gasteiger partial charge in [-0.05, 0) is 26.9 Å². The molecule has 3 nitrogen and oxygen atoms in total. The van der Waals surface area contributed by atoms with E-state index >= 15 is 0 Å². The summed E-state index contributed by atoms with van der Waals surface area (Å²) in [6.07, 6.45) is 0. The highest BCUT2D eigenvalue weighted by molar-refractivity contribution is 5.76. The van der Waals surface area contributed by atoms with Crippen molar-refractivity contribution in [1.82, 2.24) is 4.90 Å². The maximum atomic E-state index is 11.4. The first-order valence-electron chi connectivity index (χ1n) is 4.33. The van der Waals surface area contributed by atoms with Crippen molar-refractivity contribution in [3.63, 3.8) is 0 Å². The minimum Gasteiger partial charge on any atom is -0.465 e. The molecule has 0 amide bonds. The molecule has 0 bridgehead atoms. The smallest absolute Gasteiger partial charge is 0.323 e. The molecule has 0 aliphatic rings. The Morgan fingerprint density at radius 2 is 1.92 bits per heavy atom. The van der Waals surface area contributed by atoms with E-state index in [1.54, 1.807) is 0 Å². The molecule has 0 radical (unpaired) electrons. The van der Waals surface area contributed by atoms with E-state index in [4.69, 9.17) is 4.74 Å². The molecule has 0 N–H and O–H groups in total. The summed E-state index contributed by atoms with van der Waals surface area (Å²) in [5, 5.41) is 0. The number of hydrogen-bond acceptors (Lipinski definition) is 3. The van der Waals surface area contributed by atoms with Crippen LogP contribution in [0.1, 0.15) is 20.8 Å². The third-order valence-corrected chi connectivity index (χ3v) is 1.72. The van der Waals surface area contributed by atoms with E-state index in [0.717, 1.165) is 0 Å². The van der Waals surface area contributed by atoms with E-state index in [1.807, 2.05) is 39.8 Å². The molecule has 1 atom stereocenters. The molecule has 0 rings (SSSR count). The number of rotatable bonds is 4. The van der Waals surface area contributed by atoms with E-state index in [-0.39, 0.29) is 12.0 Å². The molecule has 0 saturated carbocycles. The zero-order chi connectivity index (χ0) is 9.72. The van der Waals surface area contributed by atoms with Gasteiger partial charge in [0.05, 0.1) is 6.61 Å². The second kappa shape index (κ2) is 5.14. The minimum absolute atomic E-state index is 0.120. The number of nitrogens with zero attached hydrogens (tertiary/aromatic N) is 1. The van der Waals surface area contributed by atoms with Crippen molar-refractivity contribution in [2.75, 3.05) is 20.7 Å². The highest BCUT2D eigenvalue weighted by Gasteiger charge is 2.25. The minimum atomic E-state index is -0.127. The number of carbonyl (C=O) groups is 1. The fraction of sp³-hybridized carbons (Fsp3) is 0.889. The van der Waals surface area contributed by atoms with Crippen molar-refractivity contribution in [2.24, 2.45) is 5.92 Å². The third kappa shape index (κ3) is 3.22. The monoisotopic (exact) mass is 173 g/mol. The number of esters is 1. The van der Waals surface area contributed by atoms with Crippen LogP contribution in [-0.2, 0) is 9.53 Å². The highest BCUT2D eigenvalue weighted by Crippen LogP contribution is 2.08. The zero-order valence-electron chi connectivity index (χ0n) is 8.63. The van der Waals surface area contributed by atoms with Crippen molar-refractivity contribution in [3.05, 3.63) is 0 Å². The maximum Gasteiger partial charge on any atom is 0.323 e. The van der Waals surface area contributed by atoms with E-state index in [1.165, 1.54) is 0 Å². The molecule has 0 aromatic heterocycles. The number of carbonyl (C=O) groups excluding carboxylic acids is 1. The van der Waals surface area contributed by atoms with E-state index in [2.05, 4.69) is 0 Å². The lowest BCUT2D eigenvalue weighted by Gasteiger charge is -2.25. The van der Waals surface area contributed by atoms with E-state index in [0.29, 0.717) is 12.5 Å². The fourth-order valence-electron chi connectivity index (χ4n) is 1.31. The predicted molar refractivity (Wildman–Crippen MR) is 48.9 cm³/mol. The Bertz CT molecular complexity index is 135. The molecule has 0 spiro atoms. The molecule has 0 aromatic rings. The van der Waals surface area contributed by atoms with Gasteiger partial charge < -0.3 is 4.74 Å². The quantitative estimate of drug-likeness (QED) is 0.597. The van der Waals surface area contributed by atoms with Gasteiger partial charge in [0.2, 0.25) is 0 Å². The summed E-state index contributed by atoms with van der Waals surface area (Å²) < 4.78 is 4.95. The largest absolute Gasteiger partial charge is 0.465 e. The molecule has 12 heavy (non-hydrogen) atoms. The SMILES string of the molecule is CCOC(=O)[C@H](C(C)C)N(C)C.